The van der Waals surface area contributed by atoms with Crippen LogP contribution in [0.2, 0.25) is 0 Å². The molecule has 0 amide bonds. The normalized spacial score (nSPS) is 23.0. The Morgan fingerprint density at radius 2 is 2.33 bits per heavy atom. The van der Waals surface area contributed by atoms with Crippen molar-refractivity contribution in [1.29, 1.82) is 0 Å². The van der Waals surface area contributed by atoms with Crippen molar-refractivity contribution in [3.05, 3.63) is 34.0 Å². The van der Waals surface area contributed by atoms with Gasteiger partial charge in [0.1, 0.15) is 0 Å². The van der Waals surface area contributed by atoms with E-state index >= 15 is 0 Å². The van der Waals surface area contributed by atoms with Crippen molar-refractivity contribution in [2.24, 2.45) is 4.99 Å². The summed E-state index contributed by atoms with van der Waals surface area (Å²) in [6.07, 6.45) is 4.57. The van der Waals surface area contributed by atoms with Crippen LogP contribution in [-0.2, 0) is 9.47 Å². The van der Waals surface area contributed by atoms with Crippen LogP contribution in [0.5, 0.6) is 0 Å². The van der Waals surface area contributed by atoms with Crippen LogP contribution in [-0.4, -0.2) is 70.0 Å². The Labute approximate surface area is 166 Å². The van der Waals surface area contributed by atoms with Crippen LogP contribution in [0.1, 0.15) is 30.7 Å². The number of hydrogen-bond donors (Lipinski definition) is 2. The fourth-order valence-electron chi connectivity index (χ4n) is 3.57. The Hall–Kier alpha value is -1.41. The Morgan fingerprint density at radius 1 is 1.41 bits per heavy atom. The molecule has 150 valence electrons. The lowest BCUT2D eigenvalue weighted by atomic mass is 10.1. The summed E-state index contributed by atoms with van der Waals surface area (Å²) in [6, 6.07) is 4.70. The van der Waals surface area contributed by atoms with E-state index in [1.807, 2.05) is 18.4 Å². The maximum atomic E-state index is 5.72. The van der Waals surface area contributed by atoms with Crippen molar-refractivity contribution in [1.82, 2.24) is 15.5 Å². The summed E-state index contributed by atoms with van der Waals surface area (Å²) in [6.45, 7) is 8.21. The second-order valence-corrected chi connectivity index (χ2v) is 8.00. The third kappa shape index (κ3) is 6.31. The summed E-state index contributed by atoms with van der Waals surface area (Å²) in [5, 5.41) is 9.13. The summed E-state index contributed by atoms with van der Waals surface area (Å²) in [5.74, 6) is 0.866. The van der Waals surface area contributed by atoms with Gasteiger partial charge in [-0.25, -0.2) is 0 Å². The highest BCUT2D eigenvalue weighted by Gasteiger charge is 2.26. The van der Waals surface area contributed by atoms with E-state index in [4.69, 9.17) is 9.47 Å². The number of hydrogen-bond acceptors (Lipinski definition) is 5. The molecule has 0 saturated carbocycles. The van der Waals surface area contributed by atoms with Gasteiger partial charge in [0, 0.05) is 38.1 Å². The average Bonchev–Trinajstić information content (AvgIpc) is 3.22. The molecule has 0 spiro atoms. The lowest BCUT2D eigenvalue weighted by molar-refractivity contribution is -0.0334. The zero-order chi connectivity index (χ0) is 18.9. The maximum Gasteiger partial charge on any atom is 0.191 e. The van der Waals surface area contributed by atoms with Crippen molar-refractivity contribution in [2.45, 2.75) is 31.9 Å². The number of nitrogens with zero attached hydrogens (tertiary/aromatic N) is 2. The number of thiophene rings is 1. The molecule has 2 unspecified atom stereocenters. The van der Waals surface area contributed by atoms with Gasteiger partial charge >= 0.3 is 0 Å². The fraction of sp³-hybridized carbons (Fsp3) is 0.650. The molecular formula is C20H32N4O2S. The van der Waals surface area contributed by atoms with Crippen LogP contribution in [0, 0.1) is 0 Å². The average molecular weight is 393 g/mol. The van der Waals surface area contributed by atoms with Crippen LogP contribution >= 0.6 is 11.3 Å². The minimum absolute atomic E-state index is 0.284. The van der Waals surface area contributed by atoms with E-state index < -0.39 is 0 Å². The molecule has 2 aliphatic rings. The third-order valence-electron chi connectivity index (χ3n) is 5.07. The molecular weight excluding hydrogens is 360 g/mol. The van der Waals surface area contributed by atoms with E-state index in [0.29, 0.717) is 6.04 Å². The highest BCUT2D eigenvalue weighted by atomic mass is 32.1. The third-order valence-corrected chi connectivity index (χ3v) is 6.04. The summed E-state index contributed by atoms with van der Waals surface area (Å²) >= 11 is 1.82. The van der Waals surface area contributed by atoms with E-state index in [1.165, 1.54) is 10.5 Å². The lowest BCUT2D eigenvalue weighted by Gasteiger charge is -2.37. The van der Waals surface area contributed by atoms with Crippen molar-refractivity contribution < 1.29 is 9.47 Å². The van der Waals surface area contributed by atoms with Crippen molar-refractivity contribution in [2.75, 3.05) is 53.0 Å². The molecule has 3 rings (SSSR count). The highest BCUT2D eigenvalue weighted by molar-refractivity contribution is 7.10. The molecule has 27 heavy (non-hydrogen) atoms. The van der Waals surface area contributed by atoms with Crippen LogP contribution in [0.15, 0.2) is 34.2 Å². The molecule has 6 nitrogen and oxygen atoms in total. The van der Waals surface area contributed by atoms with Gasteiger partial charge in [0.25, 0.3) is 0 Å². The second-order valence-electron chi connectivity index (χ2n) is 7.02. The zero-order valence-electron chi connectivity index (χ0n) is 16.4. The number of guanidine groups is 1. The van der Waals surface area contributed by atoms with Gasteiger partial charge in [-0.1, -0.05) is 17.7 Å². The molecule has 1 aromatic rings. The number of aliphatic imine (C=N–C) groups is 1. The number of nitrogens with one attached hydrogen (secondary N) is 2. The van der Waals surface area contributed by atoms with E-state index in [-0.39, 0.29) is 6.10 Å². The van der Waals surface area contributed by atoms with Crippen LogP contribution in [0.3, 0.4) is 0 Å². The van der Waals surface area contributed by atoms with Gasteiger partial charge in [0.2, 0.25) is 0 Å². The molecule has 1 aromatic heterocycles. The van der Waals surface area contributed by atoms with Gasteiger partial charge in [0.15, 0.2) is 5.96 Å². The summed E-state index contributed by atoms with van der Waals surface area (Å²) < 4.78 is 11.1. The van der Waals surface area contributed by atoms with Gasteiger partial charge in [0.05, 0.1) is 32.0 Å². The predicted molar refractivity (Wildman–Crippen MR) is 112 cm³/mol. The summed E-state index contributed by atoms with van der Waals surface area (Å²) in [7, 11) is 1.83. The highest BCUT2D eigenvalue weighted by Crippen LogP contribution is 2.26. The molecule has 2 aliphatic heterocycles. The Balaban J connectivity index is 1.51. The van der Waals surface area contributed by atoms with Gasteiger partial charge < -0.3 is 20.1 Å². The van der Waals surface area contributed by atoms with Crippen molar-refractivity contribution in [3.63, 3.8) is 0 Å². The zero-order valence-corrected chi connectivity index (χ0v) is 17.3. The Bertz CT molecular complexity index is 618. The number of morpholine rings is 1. The quantitative estimate of drug-likeness (QED) is 0.424. The molecule has 3 heterocycles. The first-order valence-electron chi connectivity index (χ1n) is 9.85. The first-order valence-corrected chi connectivity index (χ1v) is 10.7. The minimum atomic E-state index is 0.284. The SMILES string of the molecule is CN=C(NCCC1=CCOCC1)NCC(c1cccs1)N1CCOC(C)C1. The second kappa shape index (κ2) is 10.8. The minimum Gasteiger partial charge on any atom is -0.377 e. The van der Waals surface area contributed by atoms with Gasteiger partial charge in [-0.3, -0.25) is 9.89 Å². The molecule has 1 saturated heterocycles. The molecule has 1 fully saturated rings. The number of ether oxygens (including phenoxy) is 2. The molecule has 0 bridgehead atoms. The molecule has 2 N–H and O–H groups in total. The summed E-state index contributed by atoms with van der Waals surface area (Å²) in [5.41, 5.74) is 1.47. The summed E-state index contributed by atoms with van der Waals surface area (Å²) in [4.78, 5) is 8.30. The molecule has 0 aliphatic carbocycles. The van der Waals surface area contributed by atoms with Gasteiger partial charge in [-0.05, 0) is 31.2 Å². The van der Waals surface area contributed by atoms with Crippen LogP contribution in [0.25, 0.3) is 0 Å². The van der Waals surface area contributed by atoms with Crippen LogP contribution in [0.4, 0.5) is 0 Å². The predicted octanol–water partition coefficient (Wildman–Crippen LogP) is 2.41. The Morgan fingerprint density at radius 3 is 3.04 bits per heavy atom. The van der Waals surface area contributed by atoms with Crippen molar-refractivity contribution >= 4 is 17.3 Å². The smallest absolute Gasteiger partial charge is 0.191 e. The molecule has 0 aromatic carbocycles. The van der Waals surface area contributed by atoms with Crippen molar-refractivity contribution in [3.8, 4) is 0 Å². The first kappa shape index (κ1) is 20.3. The maximum absolute atomic E-state index is 5.72. The molecule has 7 heteroatoms. The topological polar surface area (TPSA) is 58.1 Å². The number of rotatable bonds is 7. The van der Waals surface area contributed by atoms with E-state index in [2.05, 4.69) is 51.0 Å². The fourth-order valence-corrected chi connectivity index (χ4v) is 4.43. The Kier molecular flexibility index (Phi) is 8.13. The van der Waals surface area contributed by atoms with Gasteiger partial charge in [-0.2, -0.15) is 0 Å². The lowest BCUT2D eigenvalue weighted by Crippen LogP contribution is -2.48. The van der Waals surface area contributed by atoms with E-state index in [9.17, 15) is 0 Å². The first-order chi connectivity index (χ1) is 13.3. The van der Waals surface area contributed by atoms with E-state index in [1.54, 1.807) is 0 Å². The largest absolute Gasteiger partial charge is 0.377 e. The van der Waals surface area contributed by atoms with E-state index in [0.717, 1.165) is 64.8 Å². The standard InChI is InChI=1S/C20H32N4O2S/c1-16-15-24(9-12-26-16)18(19-4-3-13-27-19)14-23-20(21-2)22-8-5-17-6-10-25-11-7-17/h3-4,6,13,16,18H,5,7-12,14-15H2,1-2H3,(H2,21,22,23). The molecule has 2 atom stereocenters. The van der Waals surface area contributed by atoms with Crippen LogP contribution < -0.4 is 10.6 Å². The molecule has 0 radical (unpaired) electrons. The van der Waals surface area contributed by atoms with Gasteiger partial charge in [-0.15, -0.1) is 11.3 Å². The monoisotopic (exact) mass is 392 g/mol.